The number of benzene rings is 3. The van der Waals surface area contributed by atoms with Crippen LogP contribution in [0.4, 0.5) is 0 Å². The van der Waals surface area contributed by atoms with E-state index >= 15 is 0 Å². The molecule has 13 heteroatoms. The standard InChI is InChI=1S/C36H37BN3O9/c41-31(25-13-4-1-5-14-25)38-22-10-19-28(38)34(44)47-37(48-35(45)29-20-11-23-39(29)32(42)26-15-6-2-7-16-26)49-36(46)30-21-12-24-40(30)33(43)27-17-8-3-9-18-27/h1-9,13-18,28-30,37H,10-12,19-24H2/q-1/t28-,29-,30-/m0/s1. The predicted molar refractivity (Wildman–Crippen MR) is 177 cm³/mol. The second kappa shape index (κ2) is 15.2. The summed E-state index contributed by atoms with van der Waals surface area (Å²) in [6.07, 6.45) is 2.51. The number of hydrogen-bond acceptors (Lipinski definition) is 9. The molecule has 3 heterocycles. The molecule has 0 N–H and O–H groups in total. The molecule has 3 amide bonds. The molecule has 0 spiro atoms. The zero-order valence-electron chi connectivity index (χ0n) is 27.0. The minimum atomic E-state index is -3.21. The Morgan fingerprint density at radius 3 is 0.980 bits per heavy atom. The molecule has 49 heavy (non-hydrogen) atoms. The summed E-state index contributed by atoms with van der Waals surface area (Å²) in [6.45, 7) is 0.930. The average Bonchev–Trinajstić information content (AvgIpc) is 3.93. The van der Waals surface area contributed by atoms with Crippen LogP contribution in [0, 0.1) is 0 Å². The van der Waals surface area contributed by atoms with Gasteiger partial charge in [0.2, 0.25) is 0 Å². The van der Waals surface area contributed by atoms with E-state index in [0.717, 1.165) is 0 Å². The van der Waals surface area contributed by atoms with Crippen molar-refractivity contribution in [1.82, 2.24) is 14.7 Å². The summed E-state index contributed by atoms with van der Waals surface area (Å²) in [4.78, 5) is 84.8. The van der Waals surface area contributed by atoms with E-state index in [2.05, 4.69) is 0 Å². The molecule has 3 saturated heterocycles. The van der Waals surface area contributed by atoms with Gasteiger partial charge in [0.05, 0.1) is 0 Å². The molecular weight excluding hydrogens is 629 g/mol. The lowest BCUT2D eigenvalue weighted by molar-refractivity contribution is -0.152. The van der Waals surface area contributed by atoms with Crippen molar-refractivity contribution in [3.05, 3.63) is 108 Å². The highest BCUT2D eigenvalue weighted by Crippen LogP contribution is 2.26. The van der Waals surface area contributed by atoms with Gasteiger partial charge in [0, 0.05) is 36.3 Å². The lowest BCUT2D eigenvalue weighted by Gasteiger charge is -2.35. The highest BCUT2D eigenvalue weighted by Gasteiger charge is 2.41. The van der Waals surface area contributed by atoms with Gasteiger partial charge in [0.15, 0.2) is 0 Å². The fourth-order valence-corrected chi connectivity index (χ4v) is 6.73. The van der Waals surface area contributed by atoms with E-state index < -0.39 is 43.4 Å². The fourth-order valence-electron chi connectivity index (χ4n) is 6.73. The number of carbonyl (C=O) groups is 6. The molecule has 0 bridgehead atoms. The van der Waals surface area contributed by atoms with E-state index in [4.69, 9.17) is 14.0 Å². The average molecular weight is 667 g/mol. The Morgan fingerprint density at radius 1 is 0.449 bits per heavy atom. The lowest BCUT2D eigenvalue weighted by atomic mass is 10.1. The third kappa shape index (κ3) is 7.50. The summed E-state index contributed by atoms with van der Waals surface area (Å²) in [5, 5.41) is 0. The van der Waals surface area contributed by atoms with Gasteiger partial charge in [0.1, 0.15) is 18.1 Å². The first-order valence-electron chi connectivity index (χ1n) is 16.7. The van der Waals surface area contributed by atoms with Crippen LogP contribution in [0.5, 0.6) is 0 Å². The number of likely N-dealkylation sites (tertiary alicyclic amines) is 3. The molecule has 3 aromatic carbocycles. The molecule has 254 valence electrons. The molecule has 3 aromatic rings. The molecule has 3 atom stereocenters. The maximum atomic E-state index is 13.6. The molecule has 12 nitrogen and oxygen atoms in total. The largest absolute Gasteiger partial charge is 0.624 e. The summed E-state index contributed by atoms with van der Waals surface area (Å²) in [5.41, 5.74) is 1.20. The Labute approximate surface area is 284 Å². The van der Waals surface area contributed by atoms with Crippen molar-refractivity contribution < 1.29 is 42.7 Å². The number of amides is 3. The van der Waals surface area contributed by atoms with E-state index in [1.807, 2.05) is 0 Å². The summed E-state index contributed by atoms with van der Waals surface area (Å²) in [7, 11) is -3.21. The van der Waals surface area contributed by atoms with Gasteiger partial charge in [-0.05, 0) is 74.9 Å². The summed E-state index contributed by atoms with van der Waals surface area (Å²) in [6, 6.07) is 22.6. The van der Waals surface area contributed by atoms with Crippen molar-refractivity contribution in [3.8, 4) is 0 Å². The molecule has 0 radical (unpaired) electrons. The third-order valence-electron chi connectivity index (χ3n) is 9.20. The van der Waals surface area contributed by atoms with Crippen molar-refractivity contribution in [1.29, 1.82) is 0 Å². The molecule has 3 fully saturated rings. The maximum absolute atomic E-state index is 13.6. The van der Waals surface area contributed by atoms with Gasteiger partial charge < -0.3 is 28.7 Å². The first kappa shape index (κ1) is 33.4. The van der Waals surface area contributed by atoms with Crippen molar-refractivity contribution in [2.45, 2.75) is 56.7 Å². The molecule has 0 saturated carbocycles. The van der Waals surface area contributed by atoms with Gasteiger partial charge in [-0.2, -0.15) is 0 Å². The summed E-state index contributed by atoms with van der Waals surface area (Å²) >= 11 is 0. The Balaban J connectivity index is 1.20. The van der Waals surface area contributed by atoms with Gasteiger partial charge in [-0.1, -0.05) is 54.6 Å². The molecule has 6 rings (SSSR count). The SMILES string of the molecule is O=C(O[BH-](OC(=O)[C@@H]1CCCN1C(=O)c1ccccc1)OC(=O)[C@@H]1CCCN1C(=O)c1ccccc1)[C@@H]1CCCN1C(=O)c1ccccc1. The van der Waals surface area contributed by atoms with Crippen molar-refractivity contribution >= 4 is 43.0 Å². The Hall–Kier alpha value is -5.46. The highest BCUT2D eigenvalue weighted by atomic mass is 16.8. The van der Waals surface area contributed by atoms with Crippen molar-refractivity contribution in [2.75, 3.05) is 19.6 Å². The summed E-state index contributed by atoms with van der Waals surface area (Å²) < 4.78 is 16.9. The Bertz CT molecular complexity index is 1490. The Kier molecular flexibility index (Phi) is 10.4. The van der Waals surface area contributed by atoms with Crippen molar-refractivity contribution in [2.24, 2.45) is 0 Å². The number of carbonyl (C=O) groups excluding carboxylic acids is 6. The van der Waals surface area contributed by atoms with Crippen LogP contribution in [0.2, 0.25) is 0 Å². The van der Waals surface area contributed by atoms with Crippen LogP contribution in [0.25, 0.3) is 0 Å². The number of rotatable bonds is 9. The Morgan fingerprint density at radius 2 is 0.714 bits per heavy atom. The van der Waals surface area contributed by atoms with E-state index in [0.29, 0.717) is 74.8 Å². The van der Waals surface area contributed by atoms with Crippen LogP contribution >= 0.6 is 0 Å². The van der Waals surface area contributed by atoms with Gasteiger partial charge >= 0.3 is 7.32 Å². The van der Waals surface area contributed by atoms with Crippen LogP contribution in [0.1, 0.15) is 69.6 Å². The van der Waals surface area contributed by atoms with Crippen LogP contribution in [0.3, 0.4) is 0 Å². The van der Waals surface area contributed by atoms with Gasteiger partial charge in [-0.3, -0.25) is 28.8 Å². The molecule has 3 aliphatic heterocycles. The molecule has 0 unspecified atom stereocenters. The smallest absolute Gasteiger partial charge is 0.541 e. The molecule has 0 aliphatic carbocycles. The van der Waals surface area contributed by atoms with Crippen LogP contribution in [-0.4, -0.2) is 95.4 Å². The zero-order valence-corrected chi connectivity index (χ0v) is 27.0. The predicted octanol–water partition coefficient (Wildman–Crippen LogP) is 3.25. The first-order chi connectivity index (χ1) is 23.8. The normalized spacial score (nSPS) is 20.3. The third-order valence-corrected chi connectivity index (χ3v) is 9.20. The minimum Gasteiger partial charge on any atom is -0.624 e. The molecule has 3 aliphatic rings. The highest BCUT2D eigenvalue weighted by molar-refractivity contribution is 6.44. The van der Waals surface area contributed by atoms with E-state index in [1.165, 1.54) is 14.7 Å². The monoisotopic (exact) mass is 666 g/mol. The number of hydrogen-bond donors (Lipinski definition) is 0. The van der Waals surface area contributed by atoms with Crippen LogP contribution in [0.15, 0.2) is 91.0 Å². The van der Waals surface area contributed by atoms with Gasteiger partial charge in [-0.25, -0.2) is 0 Å². The first-order valence-corrected chi connectivity index (χ1v) is 16.7. The van der Waals surface area contributed by atoms with E-state index in [-0.39, 0.29) is 17.7 Å². The minimum absolute atomic E-state index is 0.301. The summed E-state index contributed by atoms with van der Waals surface area (Å²) in [5.74, 6) is -3.72. The fraction of sp³-hybridized carbons (Fsp3) is 0.333. The second-order valence-corrected chi connectivity index (χ2v) is 12.3. The van der Waals surface area contributed by atoms with E-state index in [1.54, 1.807) is 91.0 Å². The molecule has 0 aromatic heterocycles. The van der Waals surface area contributed by atoms with Crippen LogP contribution in [-0.2, 0) is 28.3 Å². The second-order valence-electron chi connectivity index (χ2n) is 12.3. The van der Waals surface area contributed by atoms with E-state index in [9.17, 15) is 28.8 Å². The van der Waals surface area contributed by atoms with Gasteiger partial charge in [0.25, 0.3) is 35.6 Å². The lowest BCUT2D eigenvalue weighted by Crippen LogP contribution is -2.49. The van der Waals surface area contributed by atoms with Crippen molar-refractivity contribution in [3.63, 3.8) is 0 Å². The molecular formula is C36H37BN3O9-. The maximum Gasteiger partial charge on any atom is 0.541 e. The van der Waals surface area contributed by atoms with Crippen LogP contribution < -0.4 is 0 Å². The quantitative estimate of drug-likeness (QED) is 0.315. The number of nitrogens with zero attached hydrogens (tertiary/aromatic N) is 3. The topological polar surface area (TPSA) is 140 Å². The zero-order chi connectivity index (χ0) is 34.3. The van der Waals surface area contributed by atoms with Gasteiger partial charge in [-0.15, -0.1) is 0 Å².